The number of allylic oxidation sites excluding steroid dienone is 1. The number of amides is 4. The summed E-state index contributed by atoms with van der Waals surface area (Å²) in [6.45, 7) is 3.61. The third-order valence-electron chi connectivity index (χ3n) is 7.38. The summed E-state index contributed by atoms with van der Waals surface area (Å²) in [4.78, 5) is 62.9. The average Bonchev–Trinajstić information content (AvgIpc) is 3.39. The second-order valence-electron chi connectivity index (χ2n) is 10.5. The maximum atomic E-state index is 12.7. The molecule has 3 N–H and O–H groups in total. The van der Waals surface area contributed by atoms with Gasteiger partial charge in [0.05, 0.1) is 18.6 Å². The summed E-state index contributed by atoms with van der Waals surface area (Å²) in [5.74, 6) is -1.21. The predicted molar refractivity (Wildman–Crippen MR) is 157 cm³/mol. The molecular weight excluding hydrogens is 526 g/mol. The molecule has 0 saturated carbocycles. The van der Waals surface area contributed by atoms with E-state index in [0.29, 0.717) is 37.9 Å². The van der Waals surface area contributed by atoms with Crippen LogP contribution >= 0.6 is 0 Å². The fourth-order valence-corrected chi connectivity index (χ4v) is 4.89. The Morgan fingerprint density at radius 3 is 2.46 bits per heavy atom. The number of likely N-dealkylation sites (tertiary alicyclic amines) is 1. The number of carbonyl (C=O) groups is 5. The van der Waals surface area contributed by atoms with Gasteiger partial charge in [0.25, 0.3) is 0 Å². The SMILES string of the molecule is COC(C(C)C(=O)NCC(=O)Nc1ccc(CNC(=O)CCCCCN(C)C(=O)/C=C\C=O)cc1)C1CCCN1C. The Morgan fingerprint density at radius 1 is 1.10 bits per heavy atom. The van der Waals surface area contributed by atoms with Crippen LogP contribution in [0.5, 0.6) is 0 Å². The number of carbonyl (C=O) groups excluding carboxylic acids is 5. The number of benzene rings is 1. The van der Waals surface area contributed by atoms with Gasteiger partial charge in [-0.15, -0.1) is 0 Å². The zero-order valence-electron chi connectivity index (χ0n) is 24.7. The first-order valence-electron chi connectivity index (χ1n) is 14.2. The van der Waals surface area contributed by atoms with Crippen LogP contribution in [-0.2, 0) is 35.3 Å². The van der Waals surface area contributed by atoms with Gasteiger partial charge in [-0.2, -0.15) is 0 Å². The zero-order valence-corrected chi connectivity index (χ0v) is 24.7. The molecule has 1 aliphatic heterocycles. The standard InChI is InChI=1S/C30H45N5O6/c1-22(29(41-4)25-10-8-18-34(25)2)30(40)32-21-27(38)33-24-15-13-23(14-16-24)20-31-26(37)11-6-5-7-17-35(3)28(39)12-9-19-36/h9,12-16,19,22,25,29H,5-8,10-11,17-18,20-21H2,1-4H3,(H,31,37)(H,32,40)(H,33,38)/b12-9-. The summed E-state index contributed by atoms with van der Waals surface area (Å²) in [5.41, 5.74) is 1.49. The lowest BCUT2D eigenvalue weighted by atomic mass is 9.95. The number of rotatable bonds is 17. The van der Waals surface area contributed by atoms with Crippen molar-refractivity contribution in [1.82, 2.24) is 20.4 Å². The molecule has 0 spiro atoms. The molecule has 226 valence electrons. The van der Waals surface area contributed by atoms with E-state index in [1.165, 1.54) is 17.1 Å². The molecule has 1 saturated heterocycles. The average molecular weight is 572 g/mol. The second kappa shape index (κ2) is 18.0. The molecule has 0 aliphatic carbocycles. The van der Waals surface area contributed by atoms with Crippen molar-refractivity contribution in [1.29, 1.82) is 0 Å². The van der Waals surface area contributed by atoms with Crippen molar-refractivity contribution in [2.24, 2.45) is 5.92 Å². The first-order chi connectivity index (χ1) is 19.7. The molecule has 1 aliphatic rings. The van der Waals surface area contributed by atoms with E-state index in [1.54, 1.807) is 26.3 Å². The van der Waals surface area contributed by atoms with Crippen LogP contribution in [0.2, 0.25) is 0 Å². The second-order valence-corrected chi connectivity index (χ2v) is 10.5. The van der Waals surface area contributed by atoms with Crippen molar-refractivity contribution < 1.29 is 28.7 Å². The van der Waals surface area contributed by atoms with Gasteiger partial charge < -0.3 is 30.5 Å². The van der Waals surface area contributed by atoms with E-state index in [4.69, 9.17) is 4.74 Å². The minimum atomic E-state index is -0.386. The van der Waals surface area contributed by atoms with E-state index in [1.807, 2.05) is 26.1 Å². The topological polar surface area (TPSA) is 137 Å². The van der Waals surface area contributed by atoms with Crippen LogP contribution in [0.4, 0.5) is 5.69 Å². The number of likely N-dealkylation sites (N-methyl/N-ethyl adjacent to an activating group) is 2. The normalized spacial score (nSPS) is 16.6. The van der Waals surface area contributed by atoms with Crippen LogP contribution < -0.4 is 16.0 Å². The molecule has 1 aromatic rings. The first-order valence-corrected chi connectivity index (χ1v) is 14.2. The molecule has 4 amide bonds. The highest BCUT2D eigenvalue weighted by atomic mass is 16.5. The Kier molecular flexibility index (Phi) is 14.8. The van der Waals surface area contributed by atoms with Gasteiger partial charge in [0.15, 0.2) is 0 Å². The van der Waals surface area contributed by atoms with E-state index >= 15 is 0 Å². The molecule has 11 heteroatoms. The van der Waals surface area contributed by atoms with Gasteiger partial charge in [0.1, 0.15) is 6.29 Å². The molecule has 0 bridgehead atoms. The molecule has 0 radical (unpaired) electrons. The molecule has 3 atom stereocenters. The highest BCUT2D eigenvalue weighted by Gasteiger charge is 2.36. The third kappa shape index (κ3) is 11.8. The van der Waals surface area contributed by atoms with Crippen LogP contribution in [0.15, 0.2) is 36.4 Å². The number of nitrogens with one attached hydrogen (secondary N) is 3. The van der Waals surface area contributed by atoms with E-state index in [-0.39, 0.29) is 48.2 Å². The molecule has 0 aromatic heterocycles. The number of ether oxygens (including phenoxy) is 1. The summed E-state index contributed by atoms with van der Waals surface area (Å²) in [6, 6.07) is 7.34. The van der Waals surface area contributed by atoms with E-state index in [9.17, 15) is 24.0 Å². The van der Waals surface area contributed by atoms with Crippen molar-refractivity contribution >= 4 is 35.6 Å². The van der Waals surface area contributed by atoms with Crippen molar-refractivity contribution in [2.75, 3.05) is 46.2 Å². The smallest absolute Gasteiger partial charge is 0.246 e. The van der Waals surface area contributed by atoms with Crippen molar-refractivity contribution in [2.45, 2.75) is 64.1 Å². The molecule has 1 heterocycles. The minimum Gasteiger partial charge on any atom is -0.379 e. The number of hydrogen-bond donors (Lipinski definition) is 3. The molecule has 3 unspecified atom stereocenters. The molecule has 11 nitrogen and oxygen atoms in total. The monoisotopic (exact) mass is 571 g/mol. The molecule has 2 rings (SSSR count). The van der Waals surface area contributed by atoms with Gasteiger partial charge in [0, 0.05) is 51.5 Å². The maximum absolute atomic E-state index is 12.7. The number of methoxy groups -OCH3 is 1. The van der Waals surface area contributed by atoms with E-state index in [0.717, 1.165) is 37.8 Å². The molecule has 1 fully saturated rings. The summed E-state index contributed by atoms with van der Waals surface area (Å²) in [6.07, 6.45) is 7.48. The number of aldehydes is 1. The zero-order chi connectivity index (χ0) is 30.2. The Morgan fingerprint density at radius 2 is 1.83 bits per heavy atom. The van der Waals surface area contributed by atoms with Crippen molar-refractivity contribution in [3.8, 4) is 0 Å². The van der Waals surface area contributed by atoms with Crippen LogP contribution in [0.25, 0.3) is 0 Å². The van der Waals surface area contributed by atoms with Crippen LogP contribution in [0, 0.1) is 5.92 Å². The molecule has 41 heavy (non-hydrogen) atoms. The summed E-state index contributed by atoms with van der Waals surface area (Å²) < 4.78 is 5.64. The van der Waals surface area contributed by atoms with E-state index < -0.39 is 0 Å². The largest absolute Gasteiger partial charge is 0.379 e. The minimum absolute atomic E-state index is 0.0546. The number of anilines is 1. The first kappa shape index (κ1) is 33.6. The van der Waals surface area contributed by atoms with Crippen molar-refractivity contribution in [3.05, 3.63) is 42.0 Å². The Balaban J connectivity index is 1.64. The number of unbranched alkanes of at least 4 members (excludes halogenated alkanes) is 2. The lowest BCUT2D eigenvalue weighted by molar-refractivity contribution is -0.132. The Bertz CT molecular complexity index is 1040. The van der Waals surface area contributed by atoms with Gasteiger partial charge in [-0.25, -0.2) is 0 Å². The fourth-order valence-electron chi connectivity index (χ4n) is 4.89. The predicted octanol–water partition coefficient (Wildman–Crippen LogP) is 1.88. The highest BCUT2D eigenvalue weighted by Crippen LogP contribution is 2.24. The Labute approximate surface area is 243 Å². The molecule has 1 aromatic carbocycles. The lowest BCUT2D eigenvalue weighted by Gasteiger charge is -2.31. The van der Waals surface area contributed by atoms with Crippen LogP contribution in [0.3, 0.4) is 0 Å². The highest BCUT2D eigenvalue weighted by molar-refractivity contribution is 5.94. The van der Waals surface area contributed by atoms with E-state index in [2.05, 4.69) is 20.9 Å². The van der Waals surface area contributed by atoms with Crippen LogP contribution in [-0.4, -0.2) is 92.7 Å². The summed E-state index contributed by atoms with van der Waals surface area (Å²) in [5, 5.41) is 8.37. The third-order valence-corrected chi connectivity index (χ3v) is 7.38. The molecular formula is C30H45N5O6. The number of nitrogens with zero attached hydrogens (tertiary/aromatic N) is 2. The van der Waals surface area contributed by atoms with Crippen molar-refractivity contribution in [3.63, 3.8) is 0 Å². The van der Waals surface area contributed by atoms with Crippen LogP contribution in [0.1, 0.15) is 51.0 Å². The quantitative estimate of drug-likeness (QED) is 0.148. The lowest BCUT2D eigenvalue weighted by Crippen LogP contribution is -2.47. The summed E-state index contributed by atoms with van der Waals surface area (Å²) >= 11 is 0. The summed E-state index contributed by atoms with van der Waals surface area (Å²) in [7, 11) is 5.33. The van der Waals surface area contributed by atoms with Gasteiger partial charge in [-0.3, -0.25) is 24.0 Å². The van der Waals surface area contributed by atoms with Gasteiger partial charge in [-0.1, -0.05) is 25.5 Å². The Hall–Kier alpha value is -3.57. The maximum Gasteiger partial charge on any atom is 0.246 e. The van der Waals surface area contributed by atoms with Gasteiger partial charge >= 0.3 is 0 Å². The van der Waals surface area contributed by atoms with Gasteiger partial charge in [-0.05, 0) is 63.0 Å². The van der Waals surface area contributed by atoms with Gasteiger partial charge in [0.2, 0.25) is 23.6 Å². The number of hydrogen-bond acceptors (Lipinski definition) is 7. The fraction of sp³-hybridized carbons (Fsp3) is 0.567.